The molecule has 2 aromatic rings. The molecular weight excluding hydrogens is 358 g/mol. The van der Waals surface area contributed by atoms with Gasteiger partial charge in [-0.2, -0.15) is 4.98 Å². The fourth-order valence-electron chi connectivity index (χ4n) is 1.54. The predicted molar refractivity (Wildman–Crippen MR) is 83.3 cm³/mol. The molecule has 0 fully saturated rings. The Morgan fingerprint density at radius 2 is 2.14 bits per heavy atom. The van der Waals surface area contributed by atoms with Crippen molar-refractivity contribution in [1.82, 2.24) is 15.5 Å². The monoisotopic (exact) mass is 371 g/mol. The minimum Gasteiger partial charge on any atom is -0.344 e. The van der Waals surface area contributed by atoms with E-state index in [4.69, 9.17) is 16.1 Å². The van der Waals surface area contributed by atoms with Crippen molar-refractivity contribution >= 4 is 33.4 Å². The lowest BCUT2D eigenvalue weighted by Crippen LogP contribution is -2.23. The van der Waals surface area contributed by atoms with Gasteiger partial charge in [-0.3, -0.25) is 4.79 Å². The van der Waals surface area contributed by atoms with Crippen LogP contribution in [0.2, 0.25) is 5.02 Å². The maximum absolute atomic E-state index is 12.0. The highest BCUT2D eigenvalue weighted by molar-refractivity contribution is 9.10. The number of nitrogens with one attached hydrogen (secondary N) is 1. The third kappa shape index (κ3) is 4.04. The SMILES string of the molecule is CC(C)(C)c1noc(C(=O)NCc2ccc(Br)cc2Cl)n1. The van der Waals surface area contributed by atoms with E-state index in [1.807, 2.05) is 32.9 Å². The molecule has 0 aliphatic carbocycles. The Morgan fingerprint density at radius 1 is 1.43 bits per heavy atom. The summed E-state index contributed by atoms with van der Waals surface area (Å²) < 4.78 is 5.86. The Bertz CT molecular complexity index is 664. The van der Waals surface area contributed by atoms with Gasteiger partial charge >= 0.3 is 11.8 Å². The van der Waals surface area contributed by atoms with Crippen molar-refractivity contribution in [2.75, 3.05) is 0 Å². The third-order valence-electron chi connectivity index (χ3n) is 2.75. The molecule has 0 bridgehead atoms. The summed E-state index contributed by atoms with van der Waals surface area (Å²) in [5.74, 6) is 0.0273. The molecule has 0 radical (unpaired) electrons. The van der Waals surface area contributed by atoms with Gasteiger partial charge in [0.15, 0.2) is 5.82 Å². The molecule has 1 aromatic carbocycles. The van der Waals surface area contributed by atoms with Crippen molar-refractivity contribution in [2.24, 2.45) is 0 Å². The Hall–Kier alpha value is -1.40. The smallest absolute Gasteiger partial charge is 0.315 e. The number of halogens is 2. The zero-order chi connectivity index (χ0) is 15.6. The Labute approximate surface area is 136 Å². The molecule has 1 N–H and O–H groups in total. The van der Waals surface area contributed by atoms with Crippen LogP contribution in [0.4, 0.5) is 0 Å². The number of aromatic nitrogens is 2. The fraction of sp³-hybridized carbons (Fsp3) is 0.357. The lowest BCUT2D eigenvalue weighted by Gasteiger charge is -2.10. The van der Waals surface area contributed by atoms with E-state index in [1.54, 1.807) is 6.07 Å². The van der Waals surface area contributed by atoms with Crippen molar-refractivity contribution < 1.29 is 9.32 Å². The molecule has 7 heteroatoms. The zero-order valence-corrected chi connectivity index (χ0v) is 14.2. The summed E-state index contributed by atoms with van der Waals surface area (Å²) >= 11 is 9.42. The Kier molecular flexibility index (Phi) is 4.68. The molecule has 21 heavy (non-hydrogen) atoms. The van der Waals surface area contributed by atoms with Gasteiger partial charge in [0.1, 0.15) is 0 Å². The number of carbonyl (C=O) groups is 1. The number of benzene rings is 1. The van der Waals surface area contributed by atoms with Crippen LogP contribution in [0, 0.1) is 0 Å². The van der Waals surface area contributed by atoms with Crippen LogP contribution in [-0.2, 0) is 12.0 Å². The molecule has 2 rings (SSSR count). The van der Waals surface area contributed by atoms with E-state index >= 15 is 0 Å². The van der Waals surface area contributed by atoms with Gasteiger partial charge < -0.3 is 9.84 Å². The second-order valence-electron chi connectivity index (χ2n) is 5.59. The molecule has 0 aliphatic heterocycles. The van der Waals surface area contributed by atoms with Gasteiger partial charge in [-0.05, 0) is 17.7 Å². The molecule has 5 nitrogen and oxygen atoms in total. The first kappa shape index (κ1) is 16.0. The third-order valence-corrected chi connectivity index (χ3v) is 3.59. The van der Waals surface area contributed by atoms with E-state index in [9.17, 15) is 4.79 Å². The number of nitrogens with zero attached hydrogens (tertiary/aromatic N) is 2. The van der Waals surface area contributed by atoms with Gasteiger partial charge in [-0.25, -0.2) is 0 Å². The van der Waals surface area contributed by atoms with Gasteiger partial charge in [-0.15, -0.1) is 0 Å². The van der Waals surface area contributed by atoms with E-state index in [-0.39, 0.29) is 17.9 Å². The molecule has 112 valence electrons. The lowest BCUT2D eigenvalue weighted by atomic mass is 9.96. The van der Waals surface area contributed by atoms with Crippen molar-refractivity contribution in [1.29, 1.82) is 0 Å². The second-order valence-corrected chi connectivity index (χ2v) is 6.91. The van der Waals surface area contributed by atoms with Crippen LogP contribution < -0.4 is 5.32 Å². The molecule has 0 unspecified atom stereocenters. The number of hydrogen-bond donors (Lipinski definition) is 1. The summed E-state index contributed by atoms with van der Waals surface area (Å²) in [5, 5.41) is 7.09. The number of amides is 1. The molecule has 1 amide bonds. The average molecular weight is 373 g/mol. The summed E-state index contributed by atoms with van der Waals surface area (Å²) in [6.07, 6.45) is 0. The summed E-state index contributed by atoms with van der Waals surface area (Å²) in [7, 11) is 0. The summed E-state index contributed by atoms with van der Waals surface area (Å²) in [5.41, 5.74) is 0.542. The van der Waals surface area contributed by atoms with Gasteiger partial charge in [0.25, 0.3) is 0 Å². The molecule has 0 spiro atoms. The highest BCUT2D eigenvalue weighted by Gasteiger charge is 2.23. The molecule has 0 atom stereocenters. The maximum Gasteiger partial charge on any atom is 0.315 e. The Balaban J connectivity index is 2.03. The highest BCUT2D eigenvalue weighted by atomic mass is 79.9. The first-order valence-electron chi connectivity index (χ1n) is 6.33. The largest absolute Gasteiger partial charge is 0.344 e. The highest BCUT2D eigenvalue weighted by Crippen LogP contribution is 2.21. The van der Waals surface area contributed by atoms with E-state index < -0.39 is 5.91 Å². The number of carbonyl (C=O) groups excluding carboxylic acids is 1. The van der Waals surface area contributed by atoms with E-state index in [1.165, 1.54) is 0 Å². The van der Waals surface area contributed by atoms with Crippen LogP contribution >= 0.6 is 27.5 Å². The van der Waals surface area contributed by atoms with Crippen molar-refractivity contribution in [3.05, 3.63) is 45.0 Å². The zero-order valence-electron chi connectivity index (χ0n) is 11.9. The minimum absolute atomic E-state index is 0.0480. The van der Waals surface area contributed by atoms with Gasteiger partial charge in [0.2, 0.25) is 0 Å². The van der Waals surface area contributed by atoms with Crippen LogP contribution in [0.3, 0.4) is 0 Å². The van der Waals surface area contributed by atoms with Crippen molar-refractivity contribution in [3.8, 4) is 0 Å². The minimum atomic E-state index is -0.419. The van der Waals surface area contributed by atoms with Crippen LogP contribution in [0.5, 0.6) is 0 Å². The summed E-state index contributed by atoms with van der Waals surface area (Å²) in [4.78, 5) is 16.1. The van der Waals surface area contributed by atoms with Gasteiger partial charge in [0, 0.05) is 21.5 Å². The van der Waals surface area contributed by atoms with Crippen LogP contribution in [-0.4, -0.2) is 16.0 Å². The first-order chi connectivity index (χ1) is 9.77. The van der Waals surface area contributed by atoms with Gasteiger partial charge in [-0.1, -0.05) is 59.5 Å². The summed E-state index contributed by atoms with van der Waals surface area (Å²) in [6, 6.07) is 5.46. The Morgan fingerprint density at radius 3 is 2.71 bits per heavy atom. The molecule has 1 heterocycles. The molecule has 0 saturated heterocycles. The van der Waals surface area contributed by atoms with Crippen LogP contribution in [0.1, 0.15) is 42.8 Å². The average Bonchev–Trinajstić information content (AvgIpc) is 2.87. The molecule has 1 aromatic heterocycles. The standard InChI is InChI=1S/C14H15BrClN3O2/c1-14(2,3)13-18-12(21-19-13)11(20)17-7-8-4-5-9(15)6-10(8)16/h4-6H,7H2,1-3H3,(H,17,20). The lowest BCUT2D eigenvalue weighted by molar-refractivity contribution is 0.0907. The van der Waals surface area contributed by atoms with Crippen LogP contribution in [0.15, 0.2) is 27.2 Å². The van der Waals surface area contributed by atoms with Crippen molar-refractivity contribution in [2.45, 2.75) is 32.7 Å². The maximum atomic E-state index is 12.0. The fourth-order valence-corrected chi connectivity index (χ4v) is 2.28. The quantitative estimate of drug-likeness (QED) is 0.891. The predicted octanol–water partition coefficient (Wildman–Crippen LogP) is 3.71. The molecule has 0 saturated carbocycles. The topological polar surface area (TPSA) is 68.0 Å². The molecule has 0 aliphatic rings. The number of hydrogen-bond acceptors (Lipinski definition) is 4. The second kappa shape index (κ2) is 6.15. The molecular formula is C14H15BrClN3O2. The van der Waals surface area contributed by atoms with Crippen molar-refractivity contribution in [3.63, 3.8) is 0 Å². The van der Waals surface area contributed by atoms with Gasteiger partial charge in [0.05, 0.1) is 0 Å². The number of rotatable bonds is 3. The van der Waals surface area contributed by atoms with E-state index in [0.717, 1.165) is 10.0 Å². The first-order valence-corrected chi connectivity index (χ1v) is 7.51. The van der Waals surface area contributed by atoms with Crippen LogP contribution in [0.25, 0.3) is 0 Å². The van der Waals surface area contributed by atoms with E-state index in [0.29, 0.717) is 10.8 Å². The summed E-state index contributed by atoms with van der Waals surface area (Å²) in [6.45, 7) is 6.13. The van der Waals surface area contributed by atoms with E-state index in [2.05, 4.69) is 31.4 Å². The normalized spacial score (nSPS) is 11.5.